The molecular formula is C25H40IN3O3. The lowest BCUT2D eigenvalue weighted by atomic mass is 9.95. The highest BCUT2D eigenvalue weighted by molar-refractivity contribution is 14.0. The van der Waals surface area contributed by atoms with Crippen molar-refractivity contribution in [2.24, 2.45) is 4.99 Å². The molecule has 1 atom stereocenters. The summed E-state index contributed by atoms with van der Waals surface area (Å²) in [4.78, 5) is 7.48. The molecular weight excluding hydrogens is 517 g/mol. The van der Waals surface area contributed by atoms with Crippen molar-refractivity contribution < 1.29 is 14.2 Å². The number of nitrogens with one attached hydrogen (secondary N) is 1. The van der Waals surface area contributed by atoms with Crippen LogP contribution in [0.15, 0.2) is 29.3 Å². The van der Waals surface area contributed by atoms with Gasteiger partial charge in [-0.05, 0) is 57.9 Å². The molecule has 180 valence electrons. The number of guanidine groups is 1. The van der Waals surface area contributed by atoms with Gasteiger partial charge in [0.05, 0.1) is 32.5 Å². The van der Waals surface area contributed by atoms with Gasteiger partial charge in [0.15, 0.2) is 5.96 Å². The zero-order chi connectivity index (χ0) is 21.5. The van der Waals surface area contributed by atoms with Gasteiger partial charge in [-0.15, -0.1) is 24.0 Å². The molecule has 1 aromatic rings. The van der Waals surface area contributed by atoms with E-state index < -0.39 is 0 Å². The number of nitrogens with zero attached hydrogens (tertiary/aromatic N) is 2. The van der Waals surface area contributed by atoms with E-state index in [2.05, 4.69) is 35.3 Å². The highest BCUT2D eigenvalue weighted by Gasteiger charge is 2.46. The number of benzene rings is 1. The van der Waals surface area contributed by atoms with Crippen LogP contribution in [0.4, 0.5) is 0 Å². The number of aliphatic imine (C=N–C) groups is 1. The number of rotatable bonds is 8. The highest BCUT2D eigenvalue weighted by Crippen LogP contribution is 2.51. The maximum atomic E-state index is 6.19. The molecule has 2 heterocycles. The second-order valence-corrected chi connectivity index (χ2v) is 9.16. The van der Waals surface area contributed by atoms with Crippen LogP contribution in [0, 0.1) is 0 Å². The van der Waals surface area contributed by atoms with Crippen LogP contribution >= 0.6 is 24.0 Å². The Kier molecular flexibility index (Phi) is 9.92. The predicted molar refractivity (Wildman–Crippen MR) is 139 cm³/mol. The molecule has 7 heteroatoms. The molecule has 6 nitrogen and oxygen atoms in total. The van der Waals surface area contributed by atoms with E-state index >= 15 is 0 Å². The molecule has 0 spiro atoms. The Bertz CT molecular complexity index is 727. The van der Waals surface area contributed by atoms with Crippen LogP contribution < -0.4 is 10.1 Å². The lowest BCUT2D eigenvalue weighted by molar-refractivity contribution is -0.0721. The fourth-order valence-electron chi connectivity index (χ4n) is 4.81. The quantitative estimate of drug-likeness (QED) is 0.293. The van der Waals surface area contributed by atoms with Crippen molar-refractivity contribution in [2.45, 2.75) is 69.5 Å². The van der Waals surface area contributed by atoms with E-state index in [4.69, 9.17) is 19.2 Å². The van der Waals surface area contributed by atoms with Gasteiger partial charge in [-0.25, -0.2) is 0 Å². The Hall–Kier alpha value is -1.06. The number of halogens is 1. The third kappa shape index (κ3) is 6.50. The van der Waals surface area contributed by atoms with E-state index in [-0.39, 0.29) is 29.4 Å². The Balaban J connectivity index is 0.00000289. The lowest BCUT2D eigenvalue weighted by Crippen LogP contribution is -2.47. The van der Waals surface area contributed by atoms with Gasteiger partial charge in [0.1, 0.15) is 5.75 Å². The molecule has 0 radical (unpaired) electrons. The molecule has 2 aliphatic heterocycles. The summed E-state index contributed by atoms with van der Waals surface area (Å²) in [6, 6.07) is 8.41. The summed E-state index contributed by atoms with van der Waals surface area (Å²) >= 11 is 0. The molecule has 1 unspecified atom stereocenters. The van der Waals surface area contributed by atoms with Crippen molar-refractivity contribution in [3.05, 3.63) is 29.8 Å². The third-order valence-electron chi connectivity index (χ3n) is 6.93. The molecule has 4 rings (SSSR count). The van der Waals surface area contributed by atoms with Crippen LogP contribution in [-0.2, 0) is 14.9 Å². The maximum Gasteiger partial charge on any atom is 0.193 e. The first-order chi connectivity index (χ1) is 15.2. The summed E-state index contributed by atoms with van der Waals surface area (Å²) in [7, 11) is 1.76. The number of methoxy groups -OCH3 is 1. The van der Waals surface area contributed by atoms with Gasteiger partial charge in [0, 0.05) is 37.2 Å². The van der Waals surface area contributed by atoms with Crippen LogP contribution in [-0.4, -0.2) is 69.6 Å². The Morgan fingerprint density at radius 3 is 2.62 bits per heavy atom. The summed E-state index contributed by atoms with van der Waals surface area (Å²) in [6.07, 6.45) is 8.70. The van der Waals surface area contributed by atoms with Gasteiger partial charge in [-0.2, -0.15) is 0 Å². The van der Waals surface area contributed by atoms with Gasteiger partial charge >= 0.3 is 0 Å². The van der Waals surface area contributed by atoms with Crippen molar-refractivity contribution in [1.82, 2.24) is 10.2 Å². The first kappa shape index (κ1) is 25.6. The molecule has 2 saturated heterocycles. The second-order valence-electron chi connectivity index (χ2n) is 9.16. The summed E-state index contributed by atoms with van der Waals surface area (Å²) < 4.78 is 17.6. The van der Waals surface area contributed by atoms with E-state index in [0.717, 1.165) is 70.4 Å². The topological polar surface area (TPSA) is 55.3 Å². The highest BCUT2D eigenvalue weighted by atomic mass is 127. The predicted octanol–water partition coefficient (Wildman–Crippen LogP) is 4.36. The fourth-order valence-corrected chi connectivity index (χ4v) is 4.81. The molecule has 0 bridgehead atoms. The second kappa shape index (κ2) is 12.4. The minimum atomic E-state index is 0. The standard InChI is InChI=1S/C25H39N3O3.HI/c1-3-26-24(27-19-25(13-14-25)22-9-4-5-10-23(22)29-2)28-15-11-20(12-16-28)31-18-21-8-6-7-17-30-21;/h4-5,9-10,20-21H,3,6-8,11-19H2,1-2H3,(H,26,27);1H. The molecule has 1 aliphatic carbocycles. The van der Waals surface area contributed by atoms with Crippen molar-refractivity contribution in [3.63, 3.8) is 0 Å². The monoisotopic (exact) mass is 557 g/mol. The van der Waals surface area contributed by atoms with Gasteiger partial charge < -0.3 is 24.4 Å². The third-order valence-corrected chi connectivity index (χ3v) is 6.93. The van der Waals surface area contributed by atoms with Crippen molar-refractivity contribution >= 4 is 29.9 Å². The average Bonchev–Trinajstić information content (AvgIpc) is 3.62. The van der Waals surface area contributed by atoms with Gasteiger partial charge in [-0.1, -0.05) is 18.2 Å². The van der Waals surface area contributed by atoms with Gasteiger partial charge in [-0.3, -0.25) is 4.99 Å². The molecule has 0 aromatic heterocycles. The van der Waals surface area contributed by atoms with E-state index in [1.54, 1.807) is 7.11 Å². The van der Waals surface area contributed by atoms with Crippen LogP contribution in [0.5, 0.6) is 5.75 Å². The Morgan fingerprint density at radius 2 is 1.97 bits per heavy atom. The SMILES string of the molecule is CCNC(=NCC1(c2ccccc2OC)CC1)N1CCC(OCC2CCCCO2)CC1.I. The number of ether oxygens (including phenoxy) is 3. The number of hydrogen-bond donors (Lipinski definition) is 1. The summed E-state index contributed by atoms with van der Waals surface area (Å²) in [5.41, 5.74) is 1.43. The van der Waals surface area contributed by atoms with Crippen LogP contribution in [0.2, 0.25) is 0 Å². The zero-order valence-corrected chi connectivity index (χ0v) is 22.0. The van der Waals surface area contributed by atoms with E-state index in [1.807, 2.05) is 6.07 Å². The van der Waals surface area contributed by atoms with E-state index in [0.29, 0.717) is 12.2 Å². The number of hydrogen-bond acceptors (Lipinski definition) is 4. The molecule has 1 saturated carbocycles. The van der Waals surface area contributed by atoms with Crippen LogP contribution in [0.3, 0.4) is 0 Å². The zero-order valence-electron chi connectivity index (χ0n) is 19.7. The minimum absolute atomic E-state index is 0. The van der Waals surface area contributed by atoms with E-state index in [9.17, 15) is 0 Å². The molecule has 3 fully saturated rings. The molecule has 0 amide bonds. The Morgan fingerprint density at radius 1 is 1.19 bits per heavy atom. The van der Waals surface area contributed by atoms with Crippen LogP contribution in [0.1, 0.15) is 57.4 Å². The summed E-state index contributed by atoms with van der Waals surface area (Å²) in [5, 5.41) is 3.52. The Labute approximate surface area is 210 Å². The summed E-state index contributed by atoms with van der Waals surface area (Å²) in [6.45, 7) is 7.46. The maximum absolute atomic E-state index is 6.19. The molecule has 32 heavy (non-hydrogen) atoms. The first-order valence-corrected chi connectivity index (χ1v) is 12.1. The summed E-state index contributed by atoms with van der Waals surface area (Å²) in [5.74, 6) is 2.03. The van der Waals surface area contributed by atoms with Gasteiger partial charge in [0.2, 0.25) is 0 Å². The average molecular weight is 558 g/mol. The molecule has 3 aliphatic rings. The number of piperidine rings is 1. The van der Waals surface area contributed by atoms with Crippen molar-refractivity contribution in [1.29, 1.82) is 0 Å². The van der Waals surface area contributed by atoms with Gasteiger partial charge in [0.25, 0.3) is 0 Å². The number of para-hydroxylation sites is 1. The molecule has 1 aromatic carbocycles. The number of likely N-dealkylation sites (tertiary alicyclic amines) is 1. The fraction of sp³-hybridized carbons (Fsp3) is 0.720. The van der Waals surface area contributed by atoms with Crippen molar-refractivity contribution in [2.75, 3.05) is 46.5 Å². The lowest BCUT2D eigenvalue weighted by Gasteiger charge is -2.35. The van der Waals surface area contributed by atoms with Crippen LogP contribution in [0.25, 0.3) is 0 Å². The normalized spacial score (nSPS) is 23.4. The minimum Gasteiger partial charge on any atom is -0.496 e. The smallest absolute Gasteiger partial charge is 0.193 e. The van der Waals surface area contributed by atoms with E-state index in [1.165, 1.54) is 31.2 Å². The molecule has 1 N–H and O–H groups in total. The largest absolute Gasteiger partial charge is 0.496 e. The van der Waals surface area contributed by atoms with Crippen molar-refractivity contribution in [3.8, 4) is 5.75 Å². The first-order valence-electron chi connectivity index (χ1n) is 12.1.